The third-order valence-electron chi connectivity index (χ3n) is 4.38. The second-order valence-electron chi connectivity index (χ2n) is 6.97. The Morgan fingerprint density at radius 3 is 2.71 bits per heavy atom. The molecule has 168 valence electrons. The van der Waals surface area contributed by atoms with Gasteiger partial charge in [-0.25, -0.2) is 4.98 Å². The number of hydrogen-bond acceptors (Lipinski definition) is 5. The number of aromatic nitrogens is 1. The van der Waals surface area contributed by atoms with Crippen molar-refractivity contribution in [1.82, 2.24) is 15.6 Å². The van der Waals surface area contributed by atoms with E-state index in [9.17, 15) is 4.79 Å². The van der Waals surface area contributed by atoms with Crippen LogP contribution < -0.4 is 20.7 Å². The van der Waals surface area contributed by atoms with E-state index in [1.165, 1.54) is 0 Å². The third-order valence-corrected chi connectivity index (χ3v) is 4.38. The summed E-state index contributed by atoms with van der Waals surface area (Å²) in [6.07, 6.45) is 0.298. The smallest absolute Gasteiger partial charge is 0.227 e. The minimum atomic E-state index is -0.107. The number of rotatable bonds is 11. The fraction of sp³-hybridized carbons (Fsp3) is 0.435. The van der Waals surface area contributed by atoms with Crippen molar-refractivity contribution < 1.29 is 14.3 Å². The first-order valence-corrected chi connectivity index (χ1v) is 10.5. The number of aliphatic imine (C=N–C) groups is 1. The topological polar surface area (TPSA) is 96.9 Å². The van der Waals surface area contributed by atoms with Crippen LogP contribution in [0.1, 0.15) is 30.2 Å². The van der Waals surface area contributed by atoms with Gasteiger partial charge in [0.15, 0.2) is 5.96 Å². The second kappa shape index (κ2) is 13.2. The highest BCUT2D eigenvalue weighted by Gasteiger charge is 2.07. The Morgan fingerprint density at radius 1 is 1.13 bits per heavy atom. The van der Waals surface area contributed by atoms with Gasteiger partial charge in [-0.1, -0.05) is 18.2 Å². The van der Waals surface area contributed by atoms with Gasteiger partial charge in [0.25, 0.3) is 0 Å². The Morgan fingerprint density at radius 2 is 1.97 bits per heavy atom. The molecular formula is C23H33N5O3. The van der Waals surface area contributed by atoms with Gasteiger partial charge in [-0.15, -0.1) is 0 Å². The lowest BCUT2D eigenvalue weighted by atomic mass is 10.1. The number of guanidine groups is 1. The minimum absolute atomic E-state index is 0.107. The van der Waals surface area contributed by atoms with Crippen LogP contribution in [0.3, 0.4) is 0 Å². The van der Waals surface area contributed by atoms with Gasteiger partial charge in [-0.2, -0.15) is 0 Å². The van der Waals surface area contributed by atoms with E-state index in [-0.39, 0.29) is 5.91 Å². The molecule has 0 bridgehead atoms. The second-order valence-corrected chi connectivity index (χ2v) is 6.97. The summed E-state index contributed by atoms with van der Waals surface area (Å²) in [7, 11) is 1.70. The van der Waals surface area contributed by atoms with Crippen LogP contribution in [0.4, 0.5) is 5.82 Å². The van der Waals surface area contributed by atoms with Gasteiger partial charge in [0, 0.05) is 44.4 Å². The first-order valence-electron chi connectivity index (χ1n) is 10.5. The highest BCUT2D eigenvalue weighted by Crippen LogP contribution is 2.20. The van der Waals surface area contributed by atoms with Crippen LogP contribution in [-0.4, -0.2) is 50.3 Å². The van der Waals surface area contributed by atoms with Crippen LogP contribution in [-0.2, 0) is 16.1 Å². The lowest BCUT2D eigenvalue weighted by Gasteiger charge is -2.15. The summed E-state index contributed by atoms with van der Waals surface area (Å²) in [4.78, 5) is 20.6. The molecule has 1 aromatic heterocycles. The predicted molar refractivity (Wildman–Crippen MR) is 124 cm³/mol. The van der Waals surface area contributed by atoms with Crippen LogP contribution in [0.25, 0.3) is 0 Å². The fourth-order valence-electron chi connectivity index (χ4n) is 2.81. The lowest BCUT2D eigenvalue weighted by molar-refractivity contribution is -0.116. The molecule has 8 heteroatoms. The van der Waals surface area contributed by atoms with Crippen molar-refractivity contribution in [2.45, 2.75) is 33.7 Å². The van der Waals surface area contributed by atoms with Crippen LogP contribution >= 0.6 is 0 Å². The zero-order valence-corrected chi connectivity index (χ0v) is 18.8. The maximum Gasteiger partial charge on any atom is 0.227 e. The van der Waals surface area contributed by atoms with E-state index < -0.39 is 0 Å². The molecule has 0 aliphatic carbocycles. The number of nitrogens with zero attached hydrogens (tertiary/aromatic N) is 2. The molecule has 0 atom stereocenters. The third kappa shape index (κ3) is 9.04. The number of anilines is 1. The molecule has 0 fully saturated rings. The molecule has 3 N–H and O–H groups in total. The zero-order chi connectivity index (χ0) is 22.5. The molecule has 2 rings (SSSR count). The minimum Gasteiger partial charge on any atom is -0.491 e. The van der Waals surface area contributed by atoms with E-state index in [0.717, 1.165) is 22.6 Å². The molecule has 0 saturated carbocycles. The summed E-state index contributed by atoms with van der Waals surface area (Å²) in [5.41, 5.74) is 3.01. The summed E-state index contributed by atoms with van der Waals surface area (Å²) < 4.78 is 11.2. The van der Waals surface area contributed by atoms with Crippen molar-refractivity contribution in [1.29, 1.82) is 0 Å². The summed E-state index contributed by atoms with van der Waals surface area (Å²) in [6.45, 7) is 8.60. The van der Waals surface area contributed by atoms with Gasteiger partial charge in [-0.3, -0.25) is 9.79 Å². The van der Waals surface area contributed by atoms with Crippen molar-refractivity contribution >= 4 is 17.7 Å². The number of carbonyl (C=O) groups is 1. The normalized spacial score (nSPS) is 11.2. The van der Waals surface area contributed by atoms with Gasteiger partial charge in [0.05, 0.1) is 6.61 Å². The van der Waals surface area contributed by atoms with E-state index in [4.69, 9.17) is 9.47 Å². The van der Waals surface area contributed by atoms with Gasteiger partial charge in [-0.05, 0) is 44.5 Å². The fourth-order valence-corrected chi connectivity index (χ4v) is 2.81. The number of ether oxygens (including phenoxy) is 2. The number of amides is 1. The standard InChI is InChI=1S/C23H33N5O3/c1-5-30-13-14-31-20-15-17(2)9-10-19(20)16-26-23(24-4)25-12-11-22(29)28-21-8-6-7-18(3)27-21/h6-10,15H,5,11-14,16H2,1-4H3,(H2,24,25,26)(H,27,28,29). The summed E-state index contributed by atoms with van der Waals surface area (Å²) in [5, 5.41) is 9.21. The van der Waals surface area contributed by atoms with Crippen LogP contribution in [0, 0.1) is 13.8 Å². The number of hydrogen-bond donors (Lipinski definition) is 3. The Labute approximate surface area is 184 Å². The maximum atomic E-state index is 12.1. The predicted octanol–water partition coefficient (Wildman–Crippen LogP) is 2.81. The molecule has 31 heavy (non-hydrogen) atoms. The van der Waals surface area contributed by atoms with Gasteiger partial charge < -0.3 is 25.4 Å². The summed E-state index contributed by atoms with van der Waals surface area (Å²) >= 11 is 0. The van der Waals surface area contributed by atoms with Crippen LogP contribution in [0.2, 0.25) is 0 Å². The Kier molecular flexibility index (Phi) is 10.3. The Bertz CT molecular complexity index is 870. The average Bonchev–Trinajstić information content (AvgIpc) is 2.74. The van der Waals surface area contributed by atoms with Crippen molar-refractivity contribution in [2.24, 2.45) is 4.99 Å². The molecule has 0 spiro atoms. The Balaban J connectivity index is 1.79. The first-order chi connectivity index (χ1) is 15.0. The van der Waals surface area contributed by atoms with Crippen molar-refractivity contribution in [3.05, 3.63) is 53.2 Å². The van der Waals surface area contributed by atoms with Crippen molar-refractivity contribution in [2.75, 3.05) is 38.7 Å². The lowest BCUT2D eigenvalue weighted by Crippen LogP contribution is -2.38. The largest absolute Gasteiger partial charge is 0.491 e. The number of nitrogens with one attached hydrogen (secondary N) is 3. The zero-order valence-electron chi connectivity index (χ0n) is 18.8. The summed E-state index contributed by atoms with van der Waals surface area (Å²) in [5.74, 6) is 1.89. The van der Waals surface area contributed by atoms with Gasteiger partial charge in [0.1, 0.15) is 18.2 Å². The van der Waals surface area contributed by atoms with Crippen molar-refractivity contribution in [3.63, 3.8) is 0 Å². The van der Waals surface area contributed by atoms with E-state index in [0.29, 0.717) is 51.1 Å². The molecule has 1 heterocycles. The molecule has 8 nitrogen and oxygen atoms in total. The monoisotopic (exact) mass is 427 g/mol. The first kappa shape index (κ1) is 24.1. The maximum absolute atomic E-state index is 12.1. The number of carbonyl (C=O) groups excluding carboxylic acids is 1. The molecule has 2 aromatic rings. The average molecular weight is 428 g/mol. The molecule has 1 aromatic carbocycles. The number of pyridine rings is 1. The molecule has 0 saturated heterocycles. The molecule has 0 radical (unpaired) electrons. The van der Waals surface area contributed by atoms with Crippen LogP contribution in [0.15, 0.2) is 41.4 Å². The summed E-state index contributed by atoms with van der Waals surface area (Å²) in [6, 6.07) is 11.6. The molecule has 1 amide bonds. The molecular weight excluding hydrogens is 394 g/mol. The number of aryl methyl sites for hydroxylation is 2. The highest BCUT2D eigenvalue weighted by molar-refractivity contribution is 5.90. The van der Waals surface area contributed by atoms with Crippen LogP contribution in [0.5, 0.6) is 5.75 Å². The quantitative estimate of drug-likeness (QED) is 0.290. The van der Waals surface area contributed by atoms with E-state index in [1.807, 2.05) is 51.1 Å². The van der Waals surface area contributed by atoms with E-state index >= 15 is 0 Å². The molecule has 0 unspecified atom stereocenters. The highest BCUT2D eigenvalue weighted by atomic mass is 16.5. The van der Waals surface area contributed by atoms with E-state index in [2.05, 4.69) is 25.9 Å². The van der Waals surface area contributed by atoms with Crippen molar-refractivity contribution in [3.8, 4) is 5.75 Å². The number of benzene rings is 1. The Hall–Kier alpha value is -3.13. The molecule has 0 aliphatic rings. The van der Waals surface area contributed by atoms with E-state index in [1.54, 1.807) is 13.1 Å². The van der Waals surface area contributed by atoms with Gasteiger partial charge >= 0.3 is 0 Å². The molecule has 0 aliphatic heterocycles. The van der Waals surface area contributed by atoms with Gasteiger partial charge in [0.2, 0.25) is 5.91 Å². The SMILES string of the molecule is CCOCCOc1cc(C)ccc1CNC(=NC)NCCC(=O)Nc1cccc(C)n1.